The van der Waals surface area contributed by atoms with Crippen LogP contribution in [-0.2, 0) is 13.0 Å². The molecule has 21 heavy (non-hydrogen) atoms. The largest absolute Gasteiger partial charge is 0.347 e. The zero-order valence-electron chi connectivity index (χ0n) is 12.0. The molecule has 0 aliphatic heterocycles. The van der Waals surface area contributed by atoms with Crippen LogP contribution in [0.1, 0.15) is 24.0 Å². The molecule has 0 saturated heterocycles. The average Bonchev–Trinajstić information content (AvgIpc) is 2.95. The van der Waals surface area contributed by atoms with Crippen LogP contribution in [0.15, 0.2) is 60.8 Å². The van der Waals surface area contributed by atoms with E-state index in [0.29, 0.717) is 0 Å². The molecule has 3 rings (SSSR count). The van der Waals surface area contributed by atoms with Crippen LogP contribution in [0.3, 0.4) is 0 Å². The fourth-order valence-electron chi connectivity index (χ4n) is 2.72. The molecule has 0 N–H and O–H groups in total. The van der Waals surface area contributed by atoms with Crippen LogP contribution in [0, 0.1) is 11.3 Å². The maximum Gasteiger partial charge on any atom is 0.0991 e. The van der Waals surface area contributed by atoms with Crippen molar-refractivity contribution < 1.29 is 0 Å². The molecule has 0 bridgehead atoms. The lowest BCUT2D eigenvalue weighted by Gasteiger charge is -2.06. The van der Waals surface area contributed by atoms with E-state index in [4.69, 9.17) is 5.26 Å². The second kappa shape index (κ2) is 6.28. The summed E-state index contributed by atoms with van der Waals surface area (Å²) in [6, 6.07) is 20.8. The molecule has 0 aliphatic rings. The quantitative estimate of drug-likeness (QED) is 0.628. The van der Waals surface area contributed by atoms with Gasteiger partial charge in [0.05, 0.1) is 11.6 Å². The SMILES string of the molecule is N#Cc1ccc2c(ccn2CCCCc2ccccc2)c1. The Balaban J connectivity index is 1.60. The maximum absolute atomic E-state index is 8.93. The summed E-state index contributed by atoms with van der Waals surface area (Å²) >= 11 is 0. The zero-order valence-corrected chi connectivity index (χ0v) is 12.0. The number of aromatic nitrogens is 1. The van der Waals surface area contributed by atoms with Crippen LogP contribution in [0.2, 0.25) is 0 Å². The van der Waals surface area contributed by atoms with Gasteiger partial charge in [-0.25, -0.2) is 0 Å². The lowest BCUT2D eigenvalue weighted by molar-refractivity contribution is 0.624. The van der Waals surface area contributed by atoms with Gasteiger partial charge in [0.1, 0.15) is 0 Å². The highest BCUT2D eigenvalue weighted by atomic mass is 14.9. The van der Waals surface area contributed by atoms with Crippen molar-refractivity contribution in [2.24, 2.45) is 0 Å². The van der Waals surface area contributed by atoms with Crippen molar-refractivity contribution in [3.05, 3.63) is 71.9 Å². The summed E-state index contributed by atoms with van der Waals surface area (Å²) in [6.07, 6.45) is 5.62. The fourth-order valence-corrected chi connectivity index (χ4v) is 2.72. The van der Waals surface area contributed by atoms with Crippen LogP contribution in [0.4, 0.5) is 0 Å². The fraction of sp³-hybridized carbons (Fsp3) is 0.211. The van der Waals surface area contributed by atoms with Gasteiger partial charge in [-0.05, 0) is 49.1 Å². The topological polar surface area (TPSA) is 28.7 Å². The smallest absolute Gasteiger partial charge is 0.0991 e. The molecule has 0 saturated carbocycles. The molecule has 2 aromatic carbocycles. The van der Waals surface area contributed by atoms with E-state index in [1.807, 2.05) is 18.2 Å². The second-order valence-corrected chi connectivity index (χ2v) is 5.34. The van der Waals surface area contributed by atoms with Crippen LogP contribution in [0.5, 0.6) is 0 Å². The lowest BCUT2D eigenvalue weighted by atomic mass is 10.1. The van der Waals surface area contributed by atoms with Crippen LogP contribution < -0.4 is 0 Å². The van der Waals surface area contributed by atoms with Crippen LogP contribution in [0.25, 0.3) is 10.9 Å². The van der Waals surface area contributed by atoms with Crippen molar-refractivity contribution in [1.82, 2.24) is 4.57 Å². The highest BCUT2D eigenvalue weighted by Crippen LogP contribution is 2.18. The molecule has 0 unspecified atom stereocenters. The summed E-state index contributed by atoms with van der Waals surface area (Å²) < 4.78 is 2.28. The first-order valence-electron chi connectivity index (χ1n) is 7.40. The molecule has 2 nitrogen and oxygen atoms in total. The first-order chi connectivity index (χ1) is 10.4. The molecule has 0 aliphatic carbocycles. The maximum atomic E-state index is 8.93. The Hall–Kier alpha value is -2.53. The van der Waals surface area contributed by atoms with Crippen molar-refractivity contribution in [3.63, 3.8) is 0 Å². The number of nitrogens with zero attached hydrogens (tertiary/aromatic N) is 2. The molecule has 1 aromatic heterocycles. The van der Waals surface area contributed by atoms with Crippen molar-refractivity contribution in [2.45, 2.75) is 25.8 Å². The number of nitriles is 1. The van der Waals surface area contributed by atoms with Gasteiger partial charge in [-0.1, -0.05) is 30.3 Å². The van der Waals surface area contributed by atoms with Gasteiger partial charge in [0.15, 0.2) is 0 Å². The zero-order chi connectivity index (χ0) is 14.5. The van der Waals surface area contributed by atoms with E-state index in [9.17, 15) is 0 Å². The van der Waals surface area contributed by atoms with E-state index in [1.165, 1.54) is 23.9 Å². The Bertz CT molecular complexity index is 763. The lowest BCUT2D eigenvalue weighted by Crippen LogP contribution is -1.97. The number of aryl methyl sites for hydroxylation is 2. The van der Waals surface area contributed by atoms with Gasteiger partial charge in [0.25, 0.3) is 0 Å². The van der Waals surface area contributed by atoms with Gasteiger partial charge in [-0.3, -0.25) is 0 Å². The van der Waals surface area contributed by atoms with Crippen molar-refractivity contribution in [3.8, 4) is 6.07 Å². The monoisotopic (exact) mass is 274 g/mol. The molecule has 0 atom stereocenters. The molecule has 0 fully saturated rings. The molecule has 3 aromatic rings. The first-order valence-corrected chi connectivity index (χ1v) is 7.40. The molecule has 1 heterocycles. The van der Waals surface area contributed by atoms with Crippen LogP contribution in [-0.4, -0.2) is 4.57 Å². The van der Waals surface area contributed by atoms with E-state index in [-0.39, 0.29) is 0 Å². The highest BCUT2D eigenvalue weighted by molar-refractivity contribution is 5.81. The summed E-state index contributed by atoms with van der Waals surface area (Å²) in [5.74, 6) is 0. The minimum atomic E-state index is 0.726. The Kier molecular flexibility index (Phi) is 4.02. The molecule has 0 amide bonds. The predicted molar refractivity (Wildman–Crippen MR) is 86.0 cm³/mol. The van der Waals surface area contributed by atoms with Gasteiger partial charge in [-0.2, -0.15) is 5.26 Å². The van der Waals surface area contributed by atoms with E-state index in [0.717, 1.165) is 23.9 Å². The number of benzene rings is 2. The van der Waals surface area contributed by atoms with Crippen LogP contribution >= 0.6 is 0 Å². The minimum absolute atomic E-state index is 0.726. The predicted octanol–water partition coefficient (Wildman–Crippen LogP) is 4.54. The van der Waals surface area contributed by atoms with Crippen molar-refractivity contribution >= 4 is 10.9 Å². The summed E-state index contributed by atoms with van der Waals surface area (Å²) in [7, 11) is 0. The van der Waals surface area contributed by atoms with Crippen molar-refractivity contribution in [1.29, 1.82) is 5.26 Å². The van der Waals surface area contributed by atoms with E-state index in [1.54, 1.807) is 0 Å². The van der Waals surface area contributed by atoms with E-state index < -0.39 is 0 Å². The number of hydrogen-bond donors (Lipinski definition) is 0. The molecular weight excluding hydrogens is 256 g/mol. The van der Waals surface area contributed by atoms with Gasteiger partial charge < -0.3 is 4.57 Å². The van der Waals surface area contributed by atoms with Gasteiger partial charge >= 0.3 is 0 Å². The second-order valence-electron chi connectivity index (χ2n) is 5.34. The number of rotatable bonds is 5. The summed E-state index contributed by atoms with van der Waals surface area (Å²) in [5.41, 5.74) is 3.35. The number of unbranched alkanes of at least 4 members (excludes halogenated alkanes) is 1. The van der Waals surface area contributed by atoms with E-state index >= 15 is 0 Å². The summed E-state index contributed by atoms with van der Waals surface area (Å²) in [4.78, 5) is 0. The minimum Gasteiger partial charge on any atom is -0.347 e. The standard InChI is InChI=1S/C19H18N2/c20-15-17-9-10-19-18(14-17)11-13-21(19)12-5-4-8-16-6-2-1-3-7-16/h1-3,6-7,9-11,13-14H,4-5,8,12H2. The molecule has 2 heteroatoms. The third-order valence-corrected chi connectivity index (χ3v) is 3.86. The third kappa shape index (κ3) is 3.14. The third-order valence-electron chi connectivity index (χ3n) is 3.86. The summed E-state index contributed by atoms with van der Waals surface area (Å²) in [6.45, 7) is 1.03. The molecular formula is C19H18N2. The molecule has 0 radical (unpaired) electrons. The first kappa shape index (κ1) is 13.5. The highest BCUT2D eigenvalue weighted by Gasteiger charge is 2.02. The van der Waals surface area contributed by atoms with Gasteiger partial charge in [0, 0.05) is 23.6 Å². The Morgan fingerprint density at radius 2 is 1.81 bits per heavy atom. The number of fused-ring (bicyclic) bond motifs is 1. The van der Waals surface area contributed by atoms with E-state index in [2.05, 4.69) is 53.2 Å². The Morgan fingerprint density at radius 3 is 2.62 bits per heavy atom. The van der Waals surface area contributed by atoms with Gasteiger partial charge in [0.2, 0.25) is 0 Å². The summed E-state index contributed by atoms with van der Waals surface area (Å²) in [5, 5.41) is 10.1. The average molecular weight is 274 g/mol. The normalized spacial score (nSPS) is 10.6. The van der Waals surface area contributed by atoms with Crippen molar-refractivity contribution in [2.75, 3.05) is 0 Å². The molecule has 0 spiro atoms. The number of hydrogen-bond acceptors (Lipinski definition) is 1. The van der Waals surface area contributed by atoms with Gasteiger partial charge in [-0.15, -0.1) is 0 Å². The molecule has 104 valence electrons. The Labute approximate surface area is 125 Å². The Morgan fingerprint density at radius 1 is 0.952 bits per heavy atom.